The fourth-order valence-electron chi connectivity index (χ4n) is 5.29. The molecule has 0 aromatic heterocycles. The van der Waals surface area contributed by atoms with E-state index in [4.69, 9.17) is 21.7 Å². The summed E-state index contributed by atoms with van der Waals surface area (Å²) in [4.78, 5) is 6.21. The van der Waals surface area contributed by atoms with Crippen molar-refractivity contribution in [3.05, 3.63) is 48.0 Å². The van der Waals surface area contributed by atoms with Gasteiger partial charge < -0.3 is 24.4 Å². The number of hydrogen-bond acceptors (Lipinski definition) is 6. The standard InChI is InChI=1S/C26H30N4O3S/c1-28-14-10-22(11-15-28)33-21-8-6-19(7-9-21)30-25(34)29(24(31)26(30)12-3-13-26)20-5-4-18(17-27)23(16-20)32-2/h4-9,16,22,24,31H,3,10-15H2,1-2H3. The summed E-state index contributed by atoms with van der Waals surface area (Å²) in [7, 11) is 3.68. The summed E-state index contributed by atoms with van der Waals surface area (Å²) in [5.41, 5.74) is 1.64. The molecule has 7 nitrogen and oxygen atoms in total. The quantitative estimate of drug-likeness (QED) is 0.649. The van der Waals surface area contributed by atoms with Crippen molar-refractivity contribution < 1.29 is 14.6 Å². The van der Waals surface area contributed by atoms with Gasteiger partial charge in [0.15, 0.2) is 11.3 Å². The number of piperidine rings is 1. The molecule has 178 valence electrons. The highest BCUT2D eigenvalue weighted by Gasteiger charge is 2.59. The van der Waals surface area contributed by atoms with Crippen molar-refractivity contribution in [2.45, 2.75) is 50.0 Å². The molecule has 0 radical (unpaired) electrons. The summed E-state index contributed by atoms with van der Waals surface area (Å²) in [6, 6.07) is 15.5. The Balaban J connectivity index is 1.40. The highest BCUT2D eigenvalue weighted by molar-refractivity contribution is 7.80. The molecule has 3 fully saturated rings. The number of nitriles is 1. The maximum Gasteiger partial charge on any atom is 0.183 e. The Morgan fingerprint density at radius 2 is 1.76 bits per heavy atom. The average Bonchev–Trinajstić information content (AvgIpc) is 3.07. The molecule has 1 N–H and O–H groups in total. The van der Waals surface area contributed by atoms with E-state index in [-0.39, 0.29) is 6.10 Å². The van der Waals surface area contributed by atoms with Crippen molar-refractivity contribution in [3.63, 3.8) is 0 Å². The predicted molar refractivity (Wildman–Crippen MR) is 135 cm³/mol. The van der Waals surface area contributed by atoms with Crippen molar-refractivity contribution in [2.24, 2.45) is 0 Å². The molecular formula is C26H30N4O3S. The summed E-state index contributed by atoms with van der Waals surface area (Å²) < 4.78 is 11.6. The third-order valence-corrected chi connectivity index (χ3v) is 7.81. The predicted octanol–water partition coefficient (Wildman–Crippen LogP) is 3.89. The lowest BCUT2D eigenvalue weighted by atomic mass is 9.74. The number of methoxy groups -OCH3 is 1. The first-order valence-electron chi connectivity index (χ1n) is 11.8. The summed E-state index contributed by atoms with van der Waals surface area (Å²) in [6.07, 6.45) is 4.27. The van der Waals surface area contributed by atoms with Crippen molar-refractivity contribution in [3.8, 4) is 17.6 Å². The van der Waals surface area contributed by atoms with Crippen molar-refractivity contribution in [1.82, 2.24) is 4.90 Å². The lowest BCUT2D eigenvalue weighted by molar-refractivity contribution is 0.0597. The summed E-state index contributed by atoms with van der Waals surface area (Å²) >= 11 is 5.92. The van der Waals surface area contributed by atoms with Gasteiger partial charge in [-0.1, -0.05) is 0 Å². The summed E-state index contributed by atoms with van der Waals surface area (Å²) in [6.45, 7) is 2.11. The van der Waals surface area contributed by atoms with E-state index < -0.39 is 11.8 Å². The Morgan fingerprint density at radius 1 is 1.09 bits per heavy atom. The van der Waals surface area contributed by atoms with Gasteiger partial charge in [-0.2, -0.15) is 5.26 Å². The number of nitrogens with zero attached hydrogens (tertiary/aromatic N) is 4. The first-order chi connectivity index (χ1) is 16.5. The van der Waals surface area contributed by atoms with Gasteiger partial charge in [-0.3, -0.25) is 4.90 Å². The van der Waals surface area contributed by atoms with Gasteiger partial charge in [-0.25, -0.2) is 0 Å². The molecule has 1 atom stereocenters. The third kappa shape index (κ3) is 3.78. The largest absolute Gasteiger partial charge is 0.495 e. The Hall–Kier alpha value is -2.86. The first kappa shape index (κ1) is 22.9. The first-order valence-corrected chi connectivity index (χ1v) is 12.2. The smallest absolute Gasteiger partial charge is 0.183 e. The van der Waals surface area contributed by atoms with Crippen LogP contribution in [0.4, 0.5) is 11.4 Å². The van der Waals surface area contributed by atoms with Gasteiger partial charge in [0.2, 0.25) is 0 Å². The Bertz CT molecular complexity index is 1100. The second-order valence-corrected chi connectivity index (χ2v) is 9.79. The van der Waals surface area contributed by atoms with Crippen LogP contribution < -0.4 is 19.3 Å². The van der Waals surface area contributed by atoms with E-state index in [0.29, 0.717) is 22.1 Å². The maximum atomic E-state index is 11.5. The fourth-order valence-corrected chi connectivity index (χ4v) is 5.78. The SMILES string of the molecule is COc1cc(N2C(=S)N(c3ccc(OC4CCN(C)CC4)cc3)C3(CCC3)C2O)ccc1C#N. The molecule has 34 heavy (non-hydrogen) atoms. The number of hydrogen-bond donors (Lipinski definition) is 1. The van der Waals surface area contributed by atoms with Crippen LogP contribution in [0.15, 0.2) is 42.5 Å². The van der Waals surface area contributed by atoms with Crippen molar-refractivity contribution >= 4 is 28.7 Å². The lowest BCUT2D eigenvalue weighted by Gasteiger charge is -2.46. The third-order valence-electron chi connectivity index (χ3n) is 7.43. The monoisotopic (exact) mass is 478 g/mol. The van der Waals surface area contributed by atoms with Crippen LogP contribution in [0, 0.1) is 11.3 Å². The molecule has 8 heteroatoms. The van der Waals surface area contributed by atoms with Crippen LogP contribution in [0.1, 0.15) is 37.7 Å². The molecule has 1 saturated carbocycles. The Labute approximate surface area is 206 Å². The molecule has 2 aliphatic heterocycles. The van der Waals surface area contributed by atoms with Gasteiger partial charge in [-0.15, -0.1) is 0 Å². The maximum absolute atomic E-state index is 11.5. The fraction of sp³-hybridized carbons (Fsp3) is 0.462. The van der Waals surface area contributed by atoms with Gasteiger partial charge >= 0.3 is 0 Å². The van der Waals surface area contributed by atoms with Gasteiger partial charge in [-0.05, 0) is 87.8 Å². The number of likely N-dealkylation sites (tertiary alicyclic amines) is 1. The van der Waals surface area contributed by atoms with Crippen LogP contribution >= 0.6 is 12.2 Å². The number of benzene rings is 2. The van der Waals surface area contributed by atoms with Crippen LogP contribution in [-0.2, 0) is 0 Å². The van der Waals surface area contributed by atoms with E-state index in [1.165, 1.54) is 7.11 Å². The van der Waals surface area contributed by atoms with Crippen LogP contribution in [0.25, 0.3) is 0 Å². The minimum absolute atomic E-state index is 0.247. The molecule has 1 spiro atoms. The number of aliphatic hydroxyl groups is 1. The van der Waals surface area contributed by atoms with E-state index in [9.17, 15) is 10.4 Å². The van der Waals surface area contributed by atoms with Crippen LogP contribution in [-0.4, -0.2) is 60.2 Å². The van der Waals surface area contributed by atoms with Crippen LogP contribution in [0.3, 0.4) is 0 Å². The molecule has 0 bridgehead atoms. The molecule has 2 aromatic carbocycles. The van der Waals surface area contributed by atoms with Gasteiger partial charge in [0, 0.05) is 30.5 Å². The van der Waals surface area contributed by atoms with E-state index in [2.05, 4.69) is 22.9 Å². The molecule has 5 rings (SSSR count). The van der Waals surface area contributed by atoms with Gasteiger partial charge in [0.25, 0.3) is 0 Å². The molecule has 3 aliphatic rings. The number of aliphatic hydroxyl groups excluding tert-OH is 1. The number of ether oxygens (including phenoxy) is 2. The zero-order valence-corrected chi connectivity index (χ0v) is 20.4. The molecule has 2 aromatic rings. The second kappa shape index (κ2) is 9.06. The zero-order chi connectivity index (χ0) is 23.9. The van der Waals surface area contributed by atoms with Gasteiger partial charge in [0.05, 0.1) is 18.2 Å². The number of thiocarbonyl (C=S) groups is 1. The highest BCUT2D eigenvalue weighted by atomic mass is 32.1. The molecule has 1 aliphatic carbocycles. The topological polar surface area (TPSA) is 72.2 Å². The normalized spacial score (nSPS) is 22.5. The summed E-state index contributed by atoms with van der Waals surface area (Å²) in [5, 5.41) is 21.3. The van der Waals surface area contributed by atoms with E-state index in [0.717, 1.165) is 56.6 Å². The van der Waals surface area contributed by atoms with E-state index in [1.807, 2.05) is 30.3 Å². The van der Waals surface area contributed by atoms with Crippen LogP contribution in [0.5, 0.6) is 11.5 Å². The Morgan fingerprint density at radius 3 is 2.35 bits per heavy atom. The number of anilines is 2. The second-order valence-electron chi connectivity index (χ2n) is 9.43. The Kier molecular flexibility index (Phi) is 6.11. The minimum atomic E-state index is -0.790. The molecule has 2 heterocycles. The van der Waals surface area contributed by atoms with Crippen molar-refractivity contribution in [2.75, 3.05) is 37.0 Å². The highest BCUT2D eigenvalue weighted by Crippen LogP contribution is 2.50. The zero-order valence-electron chi connectivity index (χ0n) is 19.6. The molecule has 0 amide bonds. The number of rotatable bonds is 5. The van der Waals surface area contributed by atoms with E-state index in [1.54, 1.807) is 17.0 Å². The minimum Gasteiger partial charge on any atom is -0.495 e. The molecule has 1 unspecified atom stereocenters. The van der Waals surface area contributed by atoms with E-state index >= 15 is 0 Å². The lowest BCUT2D eigenvalue weighted by Crippen LogP contribution is -2.57. The van der Waals surface area contributed by atoms with Crippen LogP contribution in [0.2, 0.25) is 0 Å². The molecule has 2 saturated heterocycles. The van der Waals surface area contributed by atoms with Gasteiger partial charge in [0.1, 0.15) is 23.7 Å². The summed E-state index contributed by atoms with van der Waals surface area (Å²) in [5.74, 6) is 1.33. The molecular weight excluding hydrogens is 448 g/mol. The van der Waals surface area contributed by atoms with Crippen molar-refractivity contribution in [1.29, 1.82) is 5.26 Å². The average molecular weight is 479 g/mol.